The summed E-state index contributed by atoms with van der Waals surface area (Å²) in [4.78, 5) is 0. The standard InChI is InChI=1S/C7H14BrN.BrH/c8-5-4-7(6-9)2-1-3-7;/h1-6,9H2;1H. The Hall–Kier alpha value is 0.920. The zero-order chi connectivity index (χ0) is 6.74. The van der Waals surface area contributed by atoms with Crippen molar-refractivity contribution in [1.29, 1.82) is 0 Å². The Morgan fingerprint density at radius 3 is 2.10 bits per heavy atom. The molecule has 1 saturated carbocycles. The number of hydrogen-bond acceptors (Lipinski definition) is 1. The summed E-state index contributed by atoms with van der Waals surface area (Å²) in [5.41, 5.74) is 6.18. The first-order chi connectivity index (χ1) is 4.33. The maximum atomic E-state index is 5.63. The van der Waals surface area contributed by atoms with Crippen LogP contribution in [0.2, 0.25) is 0 Å². The summed E-state index contributed by atoms with van der Waals surface area (Å²) in [6.07, 6.45) is 5.37. The van der Waals surface area contributed by atoms with Gasteiger partial charge in [0, 0.05) is 5.33 Å². The van der Waals surface area contributed by atoms with E-state index < -0.39 is 0 Å². The summed E-state index contributed by atoms with van der Waals surface area (Å²) in [7, 11) is 0. The van der Waals surface area contributed by atoms with E-state index in [1.54, 1.807) is 0 Å². The Balaban J connectivity index is 0.000000810. The SMILES string of the molecule is Br.NCC1(CCBr)CCC1. The van der Waals surface area contributed by atoms with Crippen LogP contribution < -0.4 is 5.73 Å². The average molecular weight is 273 g/mol. The largest absolute Gasteiger partial charge is 0.330 e. The summed E-state index contributed by atoms with van der Waals surface area (Å²) < 4.78 is 0. The molecular formula is C7H15Br2N. The molecule has 1 fully saturated rings. The Morgan fingerprint density at radius 2 is 2.00 bits per heavy atom. The Morgan fingerprint density at radius 1 is 1.40 bits per heavy atom. The molecule has 0 atom stereocenters. The van der Waals surface area contributed by atoms with Crippen molar-refractivity contribution in [2.24, 2.45) is 11.1 Å². The number of alkyl halides is 1. The summed E-state index contributed by atoms with van der Waals surface area (Å²) in [5, 5.41) is 1.12. The first-order valence-corrected chi connectivity index (χ1v) is 4.71. The van der Waals surface area contributed by atoms with Gasteiger partial charge in [-0.2, -0.15) is 0 Å². The molecule has 0 amide bonds. The molecule has 0 aromatic carbocycles. The lowest BCUT2D eigenvalue weighted by Gasteiger charge is -2.40. The third-order valence-electron chi connectivity index (χ3n) is 2.47. The summed E-state index contributed by atoms with van der Waals surface area (Å²) in [6.45, 7) is 0.888. The van der Waals surface area contributed by atoms with Crippen molar-refractivity contribution < 1.29 is 0 Å². The van der Waals surface area contributed by atoms with Gasteiger partial charge in [-0.05, 0) is 31.2 Å². The van der Waals surface area contributed by atoms with Gasteiger partial charge in [0.25, 0.3) is 0 Å². The summed E-state index contributed by atoms with van der Waals surface area (Å²) in [5.74, 6) is 0. The molecule has 1 aliphatic rings. The molecule has 3 heteroatoms. The van der Waals surface area contributed by atoms with Crippen molar-refractivity contribution in [1.82, 2.24) is 0 Å². The lowest BCUT2D eigenvalue weighted by atomic mass is 9.67. The van der Waals surface area contributed by atoms with Gasteiger partial charge in [-0.1, -0.05) is 22.4 Å². The second-order valence-electron chi connectivity index (χ2n) is 3.00. The fourth-order valence-corrected chi connectivity index (χ4v) is 2.27. The minimum absolute atomic E-state index is 0. The molecule has 0 spiro atoms. The first-order valence-electron chi connectivity index (χ1n) is 3.59. The second-order valence-corrected chi connectivity index (χ2v) is 3.79. The van der Waals surface area contributed by atoms with Gasteiger partial charge in [0.15, 0.2) is 0 Å². The average Bonchev–Trinajstić information content (AvgIpc) is 1.79. The van der Waals surface area contributed by atoms with Crippen molar-refractivity contribution in [3.63, 3.8) is 0 Å². The van der Waals surface area contributed by atoms with Gasteiger partial charge < -0.3 is 5.73 Å². The first kappa shape index (κ1) is 10.9. The normalized spacial score (nSPS) is 21.0. The molecule has 62 valence electrons. The van der Waals surface area contributed by atoms with Crippen molar-refractivity contribution >= 4 is 32.9 Å². The molecule has 0 radical (unpaired) electrons. The number of halogens is 2. The van der Waals surface area contributed by atoms with E-state index in [9.17, 15) is 0 Å². The Bertz CT molecular complexity index is 86.1. The van der Waals surface area contributed by atoms with Gasteiger partial charge in [-0.25, -0.2) is 0 Å². The highest BCUT2D eigenvalue weighted by atomic mass is 79.9. The molecule has 0 aliphatic heterocycles. The van der Waals surface area contributed by atoms with Crippen molar-refractivity contribution in [2.75, 3.05) is 11.9 Å². The number of rotatable bonds is 3. The molecule has 0 aromatic heterocycles. The highest BCUT2D eigenvalue weighted by Gasteiger charge is 2.34. The lowest BCUT2D eigenvalue weighted by Crippen LogP contribution is -2.37. The highest BCUT2D eigenvalue weighted by molar-refractivity contribution is 9.09. The smallest absolute Gasteiger partial charge is 0.00370 e. The third-order valence-corrected chi connectivity index (χ3v) is 2.87. The van der Waals surface area contributed by atoms with Crippen LogP contribution in [0.3, 0.4) is 0 Å². The van der Waals surface area contributed by atoms with Gasteiger partial charge in [-0.3, -0.25) is 0 Å². The topological polar surface area (TPSA) is 26.0 Å². The molecular weight excluding hydrogens is 258 g/mol. The molecule has 0 aromatic rings. The van der Waals surface area contributed by atoms with E-state index in [1.807, 2.05) is 0 Å². The minimum Gasteiger partial charge on any atom is -0.330 e. The Labute approximate surface area is 81.6 Å². The van der Waals surface area contributed by atoms with Gasteiger partial charge in [0.1, 0.15) is 0 Å². The number of nitrogens with two attached hydrogens (primary N) is 1. The van der Waals surface area contributed by atoms with Crippen LogP contribution in [0.1, 0.15) is 25.7 Å². The van der Waals surface area contributed by atoms with E-state index in [-0.39, 0.29) is 17.0 Å². The van der Waals surface area contributed by atoms with Crippen molar-refractivity contribution in [3.8, 4) is 0 Å². The molecule has 1 aliphatic carbocycles. The Kier molecular flexibility index (Phi) is 5.16. The summed E-state index contributed by atoms with van der Waals surface area (Å²) in [6, 6.07) is 0. The van der Waals surface area contributed by atoms with Crippen LogP contribution in [0, 0.1) is 5.41 Å². The number of hydrogen-bond donors (Lipinski definition) is 1. The molecule has 1 rings (SSSR count). The fraction of sp³-hybridized carbons (Fsp3) is 1.00. The predicted molar refractivity (Wildman–Crippen MR) is 54.1 cm³/mol. The monoisotopic (exact) mass is 271 g/mol. The van der Waals surface area contributed by atoms with Crippen LogP contribution in [0.25, 0.3) is 0 Å². The quantitative estimate of drug-likeness (QED) is 0.785. The lowest BCUT2D eigenvalue weighted by molar-refractivity contribution is 0.141. The molecule has 2 N–H and O–H groups in total. The van der Waals surface area contributed by atoms with Crippen LogP contribution in [0.5, 0.6) is 0 Å². The molecule has 0 heterocycles. The molecule has 1 nitrogen and oxygen atoms in total. The molecule has 0 unspecified atom stereocenters. The van der Waals surface area contributed by atoms with Crippen LogP contribution >= 0.6 is 32.9 Å². The zero-order valence-electron chi connectivity index (χ0n) is 6.11. The minimum atomic E-state index is 0. The maximum Gasteiger partial charge on any atom is 0.00370 e. The van der Waals surface area contributed by atoms with E-state index in [4.69, 9.17) is 5.73 Å². The van der Waals surface area contributed by atoms with E-state index in [0.717, 1.165) is 11.9 Å². The van der Waals surface area contributed by atoms with E-state index >= 15 is 0 Å². The highest BCUT2D eigenvalue weighted by Crippen LogP contribution is 2.43. The molecule has 0 bridgehead atoms. The van der Waals surface area contributed by atoms with Gasteiger partial charge in [-0.15, -0.1) is 17.0 Å². The maximum absolute atomic E-state index is 5.63. The fourth-order valence-electron chi connectivity index (χ4n) is 1.43. The van der Waals surface area contributed by atoms with Crippen molar-refractivity contribution in [3.05, 3.63) is 0 Å². The van der Waals surface area contributed by atoms with Crippen LogP contribution in [-0.4, -0.2) is 11.9 Å². The van der Waals surface area contributed by atoms with Crippen molar-refractivity contribution in [2.45, 2.75) is 25.7 Å². The second kappa shape index (κ2) is 4.73. The van der Waals surface area contributed by atoms with Crippen LogP contribution in [-0.2, 0) is 0 Å². The predicted octanol–water partition coefficient (Wildman–Crippen LogP) is 2.48. The summed E-state index contributed by atoms with van der Waals surface area (Å²) >= 11 is 3.45. The molecule has 0 saturated heterocycles. The van der Waals surface area contributed by atoms with Gasteiger partial charge in [0.2, 0.25) is 0 Å². The molecule has 10 heavy (non-hydrogen) atoms. The van der Waals surface area contributed by atoms with Crippen LogP contribution in [0.4, 0.5) is 0 Å². The van der Waals surface area contributed by atoms with Gasteiger partial charge in [0.05, 0.1) is 0 Å². The zero-order valence-corrected chi connectivity index (χ0v) is 9.41. The van der Waals surface area contributed by atoms with E-state index in [2.05, 4.69) is 15.9 Å². The van der Waals surface area contributed by atoms with Gasteiger partial charge >= 0.3 is 0 Å². The van der Waals surface area contributed by atoms with E-state index in [1.165, 1.54) is 25.7 Å². The van der Waals surface area contributed by atoms with E-state index in [0.29, 0.717) is 5.41 Å². The van der Waals surface area contributed by atoms with Crippen LogP contribution in [0.15, 0.2) is 0 Å². The third kappa shape index (κ3) is 2.21.